The number of aryl methyl sites for hydroxylation is 1. The van der Waals surface area contributed by atoms with E-state index in [2.05, 4.69) is 41.7 Å². The molecule has 0 unspecified atom stereocenters. The first-order valence-corrected chi connectivity index (χ1v) is 9.22. The van der Waals surface area contributed by atoms with Gasteiger partial charge in [0.05, 0.1) is 17.9 Å². The Morgan fingerprint density at radius 2 is 2.12 bits per heavy atom. The third-order valence-electron chi connectivity index (χ3n) is 5.70. The second-order valence-electron chi connectivity index (χ2n) is 7.27. The van der Waals surface area contributed by atoms with Crippen molar-refractivity contribution in [2.75, 3.05) is 18.0 Å². The van der Waals surface area contributed by atoms with Crippen LogP contribution in [0, 0.1) is 0 Å². The van der Waals surface area contributed by atoms with Gasteiger partial charge >= 0.3 is 0 Å². The van der Waals surface area contributed by atoms with Crippen LogP contribution in [-0.2, 0) is 26.1 Å². The van der Waals surface area contributed by atoms with Gasteiger partial charge in [-0.2, -0.15) is 0 Å². The Hall–Kier alpha value is -1.95. The van der Waals surface area contributed by atoms with Crippen LogP contribution in [-0.4, -0.2) is 43.8 Å². The molecule has 3 aliphatic heterocycles. The maximum Gasteiger partial charge on any atom is 0.147 e. The van der Waals surface area contributed by atoms with E-state index in [1.807, 2.05) is 6.20 Å². The molecule has 5 rings (SSSR count). The molecular weight excluding hydrogens is 300 g/mol. The van der Waals surface area contributed by atoms with Crippen LogP contribution >= 0.6 is 0 Å². The van der Waals surface area contributed by atoms with Crippen molar-refractivity contribution >= 4 is 5.69 Å². The summed E-state index contributed by atoms with van der Waals surface area (Å²) < 4.78 is 2.35. The fourth-order valence-electron chi connectivity index (χ4n) is 4.54. The van der Waals surface area contributed by atoms with Gasteiger partial charge in [-0.1, -0.05) is 0 Å². The molecule has 0 amide bonds. The highest BCUT2D eigenvalue weighted by atomic mass is 15.3. The molecule has 2 aromatic rings. The number of hydrogen-bond donors (Lipinski definition) is 0. The van der Waals surface area contributed by atoms with Gasteiger partial charge in [-0.3, -0.25) is 9.88 Å². The molecule has 2 aromatic heterocycles. The highest BCUT2D eigenvalue weighted by Crippen LogP contribution is 2.32. The third-order valence-corrected chi connectivity index (χ3v) is 5.70. The zero-order valence-corrected chi connectivity index (χ0v) is 14.1. The third kappa shape index (κ3) is 2.40. The Bertz CT molecular complexity index is 739. The SMILES string of the molecule is c1cnc2c(c1)N1CCC[C@H]1CN(Cc1nnc3n1CCCC3)C2. The maximum absolute atomic E-state index is 4.68. The van der Waals surface area contributed by atoms with Crippen LogP contribution in [0.5, 0.6) is 0 Å². The van der Waals surface area contributed by atoms with Crippen LogP contribution < -0.4 is 4.90 Å². The lowest BCUT2D eigenvalue weighted by Gasteiger charge is -2.27. The van der Waals surface area contributed by atoms with Crippen LogP contribution in [0.25, 0.3) is 0 Å². The minimum Gasteiger partial charge on any atom is -0.366 e. The van der Waals surface area contributed by atoms with Gasteiger partial charge in [0.15, 0.2) is 0 Å². The minimum absolute atomic E-state index is 0.610. The number of hydrogen-bond acceptors (Lipinski definition) is 5. The van der Waals surface area contributed by atoms with Crippen LogP contribution in [0.1, 0.15) is 43.0 Å². The Kier molecular flexibility index (Phi) is 3.51. The van der Waals surface area contributed by atoms with Crippen molar-refractivity contribution in [2.45, 2.75) is 57.8 Å². The molecule has 5 heterocycles. The molecule has 6 nitrogen and oxygen atoms in total. The predicted molar refractivity (Wildman–Crippen MR) is 91.7 cm³/mol. The van der Waals surface area contributed by atoms with Crippen LogP contribution in [0.3, 0.4) is 0 Å². The minimum atomic E-state index is 0.610. The van der Waals surface area contributed by atoms with Crippen molar-refractivity contribution in [3.63, 3.8) is 0 Å². The lowest BCUT2D eigenvalue weighted by molar-refractivity contribution is 0.234. The van der Waals surface area contributed by atoms with Gasteiger partial charge in [0.1, 0.15) is 11.6 Å². The van der Waals surface area contributed by atoms with Gasteiger partial charge in [0, 0.05) is 44.8 Å². The van der Waals surface area contributed by atoms with E-state index >= 15 is 0 Å². The number of fused-ring (bicyclic) bond motifs is 4. The van der Waals surface area contributed by atoms with Gasteiger partial charge in [-0.15, -0.1) is 10.2 Å². The molecule has 24 heavy (non-hydrogen) atoms. The molecule has 0 radical (unpaired) electrons. The Morgan fingerprint density at radius 3 is 3.12 bits per heavy atom. The van der Waals surface area contributed by atoms with E-state index in [1.165, 1.54) is 42.9 Å². The number of aromatic nitrogens is 4. The molecule has 1 atom stereocenters. The van der Waals surface area contributed by atoms with E-state index in [0.29, 0.717) is 6.04 Å². The van der Waals surface area contributed by atoms with E-state index in [9.17, 15) is 0 Å². The highest BCUT2D eigenvalue weighted by molar-refractivity contribution is 5.53. The summed E-state index contributed by atoms with van der Waals surface area (Å²) in [5, 5.41) is 8.92. The van der Waals surface area contributed by atoms with Crippen molar-refractivity contribution < 1.29 is 0 Å². The fraction of sp³-hybridized carbons (Fsp3) is 0.611. The standard InChI is InChI=1S/C18H24N6/c1-2-9-24-17(7-1)20-21-18(24)13-22-11-14-5-4-10-23(14)16-6-3-8-19-15(16)12-22/h3,6,8,14H,1-2,4-5,7,9-13H2/t14-/m0/s1. The zero-order valence-electron chi connectivity index (χ0n) is 14.1. The fourth-order valence-corrected chi connectivity index (χ4v) is 4.54. The van der Waals surface area contributed by atoms with E-state index in [4.69, 9.17) is 0 Å². The molecule has 0 spiro atoms. The monoisotopic (exact) mass is 324 g/mol. The number of anilines is 1. The lowest BCUT2D eigenvalue weighted by atomic mass is 10.1. The molecule has 0 bridgehead atoms. The summed E-state index contributed by atoms with van der Waals surface area (Å²) in [5.74, 6) is 2.31. The number of pyridine rings is 1. The summed E-state index contributed by atoms with van der Waals surface area (Å²) >= 11 is 0. The highest BCUT2D eigenvalue weighted by Gasteiger charge is 2.32. The molecule has 0 aliphatic carbocycles. The second-order valence-corrected chi connectivity index (χ2v) is 7.27. The summed E-state index contributed by atoms with van der Waals surface area (Å²) in [7, 11) is 0. The molecule has 0 N–H and O–H groups in total. The molecule has 0 aromatic carbocycles. The van der Waals surface area contributed by atoms with E-state index in [0.717, 1.165) is 45.0 Å². The summed E-state index contributed by atoms with van der Waals surface area (Å²) in [4.78, 5) is 9.77. The molecule has 0 saturated carbocycles. The summed E-state index contributed by atoms with van der Waals surface area (Å²) in [5.41, 5.74) is 2.55. The molecule has 1 saturated heterocycles. The summed E-state index contributed by atoms with van der Waals surface area (Å²) in [6, 6.07) is 4.92. The van der Waals surface area contributed by atoms with E-state index < -0.39 is 0 Å². The molecule has 126 valence electrons. The van der Waals surface area contributed by atoms with Crippen molar-refractivity contribution in [3.05, 3.63) is 35.7 Å². The quantitative estimate of drug-likeness (QED) is 0.845. The van der Waals surface area contributed by atoms with Crippen molar-refractivity contribution in [3.8, 4) is 0 Å². The topological polar surface area (TPSA) is 50.1 Å². The second kappa shape index (κ2) is 5.84. The number of rotatable bonds is 2. The predicted octanol–water partition coefficient (Wildman–Crippen LogP) is 1.99. The van der Waals surface area contributed by atoms with E-state index in [1.54, 1.807) is 0 Å². The Balaban J connectivity index is 1.44. The Labute approximate surface area is 142 Å². The van der Waals surface area contributed by atoms with Gasteiger partial charge in [-0.25, -0.2) is 0 Å². The van der Waals surface area contributed by atoms with Crippen molar-refractivity contribution in [1.29, 1.82) is 0 Å². The van der Waals surface area contributed by atoms with Crippen molar-refractivity contribution in [1.82, 2.24) is 24.6 Å². The first-order valence-electron chi connectivity index (χ1n) is 9.22. The van der Waals surface area contributed by atoms with Gasteiger partial charge in [0.25, 0.3) is 0 Å². The lowest BCUT2D eigenvalue weighted by Crippen LogP contribution is -2.37. The normalized spacial score (nSPS) is 23.5. The van der Waals surface area contributed by atoms with Crippen LogP contribution in [0.15, 0.2) is 18.3 Å². The van der Waals surface area contributed by atoms with Crippen LogP contribution in [0.2, 0.25) is 0 Å². The largest absolute Gasteiger partial charge is 0.366 e. The first kappa shape index (κ1) is 14.4. The average Bonchev–Trinajstić information content (AvgIpc) is 3.20. The summed E-state index contributed by atoms with van der Waals surface area (Å²) in [6.45, 7) is 5.13. The van der Waals surface area contributed by atoms with Gasteiger partial charge in [0.2, 0.25) is 0 Å². The molecular formula is C18H24N6. The molecule has 6 heteroatoms. The first-order chi connectivity index (χ1) is 11.9. The molecule has 1 fully saturated rings. The zero-order chi connectivity index (χ0) is 15.9. The van der Waals surface area contributed by atoms with Crippen LogP contribution in [0.4, 0.5) is 5.69 Å². The average molecular weight is 324 g/mol. The smallest absolute Gasteiger partial charge is 0.147 e. The van der Waals surface area contributed by atoms with Gasteiger partial charge < -0.3 is 9.47 Å². The van der Waals surface area contributed by atoms with Crippen molar-refractivity contribution in [2.24, 2.45) is 0 Å². The van der Waals surface area contributed by atoms with Gasteiger partial charge in [-0.05, 0) is 37.8 Å². The summed E-state index contributed by atoms with van der Waals surface area (Å²) in [6.07, 6.45) is 8.06. The number of nitrogens with zero attached hydrogens (tertiary/aromatic N) is 6. The van der Waals surface area contributed by atoms with E-state index in [-0.39, 0.29) is 0 Å². The maximum atomic E-state index is 4.68. The Morgan fingerprint density at radius 1 is 1.12 bits per heavy atom. The molecule has 3 aliphatic rings.